The van der Waals surface area contributed by atoms with Crippen molar-refractivity contribution in [3.8, 4) is 0 Å². The van der Waals surface area contributed by atoms with Gasteiger partial charge in [0.05, 0.1) is 19.5 Å². The Morgan fingerprint density at radius 3 is 2.60 bits per heavy atom. The van der Waals surface area contributed by atoms with E-state index in [4.69, 9.17) is 9.47 Å². The van der Waals surface area contributed by atoms with Crippen molar-refractivity contribution < 1.29 is 9.47 Å². The normalized spacial score (nSPS) is 9.80. The van der Waals surface area contributed by atoms with Crippen LogP contribution in [-0.2, 0) is 9.47 Å². The number of hydrogen-bond acceptors (Lipinski definition) is 2. The first-order valence-electron chi connectivity index (χ1n) is 3.41. The lowest BCUT2D eigenvalue weighted by Gasteiger charge is -1.99. The highest BCUT2D eigenvalue weighted by Gasteiger charge is 1.82. The first kappa shape index (κ1) is 9.08. The van der Waals surface area contributed by atoms with Crippen molar-refractivity contribution in [1.29, 1.82) is 0 Å². The van der Waals surface area contributed by atoms with Crippen LogP contribution in [0.2, 0.25) is 0 Å². The molecule has 0 N–H and O–H groups in total. The van der Waals surface area contributed by atoms with Crippen molar-refractivity contribution in [3.05, 3.63) is 24.7 Å². The van der Waals surface area contributed by atoms with E-state index in [1.807, 2.05) is 13.8 Å². The largest absolute Gasteiger partial charge is 0.501 e. The molecule has 0 heterocycles. The Balaban J connectivity index is 3.36. The van der Waals surface area contributed by atoms with Crippen molar-refractivity contribution in [2.24, 2.45) is 0 Å². The first-order chi connectivity index (χ1) is 4.81. The Kier molecular flexibility index (Phi) is 5.63. The second-order valence-electron chi connectivity index (χ2n) is 1.66. The van der Waals surface area contributed by atoms with Gasteiger partial charge in [0.15, 0.2) is 0 Å². The maximum Gasteiger partial charge on any atom is 0.115 e. The molecule has 0 aliphatic heterocycles. The summed E-state index contributed by atoms with van der Waals surface area (Å²) < 4.78 is 9.96. The molecule has 0 atom stereocenters. The summed E-state index contributed by atoms with van der Waals surface area (Å²) in [6, 6.07) is 0. The van der Waals surface area contributed by atoms with E-state index in [-0.39, 0.29) is 0 Å². The molecule has 0 saturated carbocycles. The molecule has 0 aromatic heterocycles. The third-order valence-corrected chi connectivity index (χ3v) is 0.847. The molecule has 0 fully saturated rings. The van der Waals surface area contributed by atoms with Crippen molar-refractivity contribution in [3.63, 3.8) is 0 Å². The summed E-state index contributed by atoms with van der Waals surface area (Å²) in [6.45, 7) is 8.79. The average molecular weight is 142 g/mol. The SMILES string of the molecule is C=C(C=COCC)OCC. The lowest BCUT2D eigenvalue weighted by atomic mass is 10.5. The van der Waals surface area contributed by atoms with Crippen LogP contribution in [0, 0.1) is 0 Å². The minimum Gasteiger partial charge on any atom is -0.501 e. The van der Waals surface area contributed by atoms with E-state index < -0.39 is 0 Å². The van der Waals surface area contributed by atoms with Crippen molar-refractivity contribution in [1.82, 2.24) is 0 Å². The quantitative estimate of drug-likeness (QED) is 0.432. The smallest absolute Gasteiger partial charge is 0.115 e. The van der Waals surface area contributed by atoms with Crippen LogP contribution < -0.4 is 0 Å². The Labute approximate surface area is 62.1 Å². The minimum absolute atomic E-state index is 0.635. The molecule has 0 spiro atoms. The van der Waals surface area contributed by atoms with Crippen molar-refractivity contribution in [2.45, 2.75) is 13.8 Å². The van der Waals surface area contributed by atoms with Gasteiger partial charge < -0.3 is 9.47 Å². The third kappa shape index (κ3) is 5.22. The highest BCUT2D eigenvalue weighted by Crippen LogP contribution is 1.94. The van der Waals surface area contributed by atoms with Gasteiger partial charge in [-0.25, -0.2) is 0 Å². The zero-order valence-electron chi connectivity index (χ0n) is 6.59. The summed E-state index contributed by atoms with van der Waals surface area (Å²) in [6.07, 6.45) is 3.28. The number of rotatable bonds is 5. The van der Waals surface area contributed by atoms with Crippen LogP contribution in [0.15, 0.2) is 24.7 Å². The molecule has 0 aliphatic rings. The molecular formula is C8H14O2. The van der Waals surface area contributed by atoms with E-state index in [1.165, 1.54) is 0 Å². The summed E-state index contributed by atoms with van der Waals surface area (Å²) in [5.74, 6) is 0.635. The molecule has 0 bridgehead atoms. The van der Waals surface area contributed by atoms with Crippen LogP contribution in [0.5, 0.6) is 0 Å². The minimum atomic E-state index is 0.635. The molecule has 0 aromatic carbocycles. The summed E-state index contributed by atoms with van der Waals surface area (Å²) in [5.41, 5.74) is 0. The van der Waals surface area contributed by atoms with Crippen LogP contribution in [0.25, 0.3) is 0 Å². The van der Waals surface area contributed by atoms with Crippen LogP contribution in [0.1, 0.15) is 13.8 Å². The molecule has 0 aromatic rings. The van der Waals surface area contributed by atoms with E-state index in [0.717, 1.165) is 0 Å². The summed E-state index contributed by atoms with van der Waals surface area (Å²) in [4.78, 5) is 0. The van der Waals surface area contributed by atoms with E-state index in [0.29, 0.717) is 19.0 Å². The fourth-order valence-electron chi connectivity index (χ4n) is 0.454. The van der Waals surface area contributed by atoms with Gasteiger partial charge in [0.25, 0.3) is 0 Å². The Morgan fingerprint density at radius 2 is 2.10 bits per heavy atom. The van der Waals surface area contributed by atoms with Gasteiger partial charge in [-0.15, -0.1) is 0 Å². The van der Waals surface area contributed by atoms with Gasteiger partial charge >= 0.3 is 0 Å². The molecular weight excluding hydrogens is 128 g/mol. The zero-order chi connectivity index (χ0) is 7.82. The molecule has 2 nitrogen and oxygen atoms in total. The molecule has 0 rings (SSSR count). The second kappa shape index (κ2) is 6.20. The molecule has 2 heteroatoms. The molecule has 0 saturated heterocycles. The van der Waals surface area contributed by atoms with Gasteiger partial charge in [0.2, 0.25) is 0 Å². The van der Waals surface area contributed by atoms with Crippen LogP contribution in [0.4, 0.5) is 0 Å². The van der Waals surface area contributed by atoms with Crippen LogP contribution in [-0.4, -0.2) is 13.2 Å². The number of hydrogen-bond donors (Lipinski definition) is 0. The number of ether oxygens (including phenoxy) is 2. The van der Waals surface area contributed by atoms with Gasteiger partial charge in [-0.05, 0) is 13.8 Å². The topological polar surface area (TPSA) is 18.5 Å². The Bertz CT molecular complexity index is 116. The van der Waals surface area contributed by atoms with Gasteiger partial charge in [-0.1, -0.05) is 6.58 Å². The molecule has 58 valence electrons. The molecule has 0 aliphatic carbocycles. The van der Waals surface area contributed by atoms with Gasteiger partial charge in [0, 0.05) is 6.08 Å². The Hall–Kier alpha value is -0.920. The third-order valence-electron chi connectivity index (χ3n) is 0.847. The van der Waals surface area contributed by atoms with E-state index >= 15 is 0 Å². The highest BCUT2D eigenvalue weighted by atomic mass is 16.5. The molecule has 0 unspecified atom stereocenters. The van der Waals surface area contributed by atoms with Gasteiger partial charge in [0.1, 0.15) is 5.76 Å². The zero-order valence-corrected chi connectivity index (χ0v) is 6.59. The monoisotopic (exact) mass is 142 g/mol. The van der Waals surface area contributed by atoms with Crippen LogP contribution in [0.3, 0.4) is 0 Å². The highest BCUT2D eigenvalue weighted by molar-refractivity contribution is 5.04. The standard InChI is InChI=1S/C8H14O2/c1-4-9-7-6-8(3)10-5-2/h6-7H,3-5H2,1-2H3. The Morgan fingerprint density at radius 1 is 1.40 bits per heavy atom. The fourth-order valence-corrected chi connectivity index (χ4v) is 0.454. The predicted octanol–water partition coefficient (Wildman–Crippen LogP) is 2.09. The molecule has 0 amide bonds. The fraction of sp³-hybridized carbons (Fsp3) is 0.500. The lowest BCUT2D eigenvalue weighted by molar-refractivity contribution is 0.235. The number of allylic oxidation sites excluding steroid dienone is 1. The lowest BCUT2D eigenvalue weighted by Crippen LogP contribution is -1.86. The second-order valence-corrected chi connectivity index (χ2v) is 1.66. The van der Waals surface area contributed by atoms with E-state index in [2.05, 4.69) is 6.58 Å². The molecule has 0 radical (unpaired) electrons. The summed E-state index contributed by atoms with van der Waals surface area (Å²) >= 11 is 0. The van der Waals surface area contributed by atoms with Gasteiger partial charge in [-0.2, -0.15) is 0 Å². The van der Waals surface area contributed by atoms with Crippen LogP contribution >= 0.6 is 0 Å². The van der Waals surface area contributed by atoms with Gasteiger partial charge in [-0.3, -0.25) is 0 Å². The average Bonchev–Trinajstić information content (AvgIpc) is 1.89. The maximum atomic E-state index is 5.03. The maximum absolute atomic E-state index is 5.03. The van der Waals surface area contributed by atoms with E-state index in [1.54, 1.807) is 12.3 Å². The first-order valence-corrected chi connectivity index (χ1v) is 3.41. The predicted molar refractivity (Wildman–Crippen MR) is 41.5 cm³/mol. The summed E-state index contributed by atoms with van der Waals surface area (Å²) in [5, 5.41) is 0. The molecule has 10 heavy (non-hydrogen) atoms. The van der Waals surface area contributed by atoms with Crippen molar-refractivity contribution >= 4 is 0 Å². The van der Waals surface area contributed by atoms with Crippen molar-refractivity contribution in [2.75, 3.05) is 13.2 Å². The summed E-state index contributed by atoms with van der Waals surface area (Å²) in [7, 11) is 0. The van der Waals surface area contributed by atoms with E-state index in [9.17, 15) is 0 Å².